The number of carbonyl (C=O) groups is 3. The summed E-state index contributed by atoms with van der Waals surface area (Å²) in [6, 6.07) is 1.80. The maximum atomic E-state index is 12.7. The van der Waals surface area contributed by atoms with E-state index in [4.69, 9.17) is 18.4 Å². The van der Waals surface area contributed by atoms with E-state index in [1.54, 1.807) is 26.0 Å². The van der Waals surface area contributed by atoms with Gasteiger partial charge in [-0.25, -0.2) is 14.4 Å². The minimum absolute atomic E-state index is 0.0787. The molecule has 0 radical (unpaired) electrons. The Morgan fingerprint density at radius 1 is 1.27 bits per heavy atom. The standard InChI is InChI=1S/C20H23N3O7/c1-5-27-19(25)15-12(21-20(26)22-16(15)13-7-6-8-28-13)9-29-18(24)14-11(4)23-30-17(14)10(2)3/h6-8,10,16H,5,9H2,1-4H3,(H2,21,22,26). The van der Waals surface area contributed by atoms with Crippen LogP contribution in [0.3, 0.4) is 0 Å². The van der Waals surface area contributed by atoms with Gasteiger partial charge in [0.25, 0.3) is 0 Å². The molecule has 0 aliphatic carbocycles. The van der Waals surface area contributed by atoms with E-state index in [2.05, 4.69) is 15.8 Å². The summed E-state index contributed by atoms with van der Waals surface area (Å²) < 4.78 is 21.1. The summed E-state index contributed by atoms with van der Waals surface area (Å²) in [7, 11) is 0. The van der Waals surface area contributed by atoms with Crippen LogP contribution in [-0.4, -0.2) is 36.3 Å². The molecule has 30 heavy (non-hydrogen) atoms. The average Bonchev–Trinajstić information content (AvgIpc) is 3.35. The molecule has 1 atom stereocenters. The van der Waals surface area contributed by atoms with Crippen LogP contribution >= 0.6 is 0 Å². The summed E-state index contributed by atoms with van der Waals surface area (Å²) in [6.45, 7) is 6.79. The molecule has 10 heteroatoms. The largest absolute Gasteiger partial charge is 0.467 e. The molecule has 3 heterocycles. The molecule has 10 nitrogen and oxygen atoms in total. The van der Waals surface area contributed by atoms with Crippen LogP contribution in [0.15, 0.2) is 38.6 Å². The van der Waals surface area contributed by atoms with Gasteiger partial charge in [0.15, 0.2) is 5.76 Å². The summed E-state index contributed by atoms with van der Waals surface area (Å²) in [5.74, 6) is -0.671. The van der Waals surface area contributed by atoms with E-state index in [0.717, 1.165) is 0 Å². The van der Waals surface area contributed by atoms with Crippen molar-refractivity contribution in [3.8, 4) is 0 Å². The van der Waals surface area contributed by atoms with Crippen LogP contribution in [0.1, 0.15) is 60.3 Å². The van der Waals surface area contributed by atoms with Crippen molar-refractivity contribution < 1.29 is 32.8 Å². The molecule has 2 aromatic heterocycles. The van der Waals surface area contributed by atoms with Crippen LogP contribution < -0.4 is 10.6 Å². The Morgan fingerprint density at radius 3 is 2.67 bits per heavy atom. The van der Waals surface area contributed by atoms with E-state index in [1.807, 2.05) is 13.8 Å². The number of aromatic nitrogens is 1. The van der Waals surface area contributed by atoms with Crippen LogP contribution in [-0.2, 0) is 14.3 Å². The Hall–Kier alpha value is -3.56. The fourth-order valence-electron chi connectivity index (χ4n) is 3.09. The molecule has 2 aromatic rings. The summed E-state index contributed by atoms with van der Waals surface area (Å²) in [5.41, 5.74) is 0.815. The van der Waals surface area contributed by atoms with Gasteiger partial charge in [0.2, 0.25) is 0 Å². The highest BCUT2D eigenvalue weighted by atomic mass is 16.5. The zero-order valence-corrected chi connectivity index (χ0v) is 17.1. The molecule has 1 aliphatic rings. The quantitative estimate of drug-likeness (QED) is 0.657. The monoisotopic (exact) mass is 417 g/mol. The predicted octanol–water partition coefficient (Wildman–Crippen LogP) is 2.73. The Morgan fingerprint density at radius 2 is 2.03 bits per heavy atom. The van der Waals surface area contributed by atoms with Crippen molar-refractivity contribution in [2.45, 2.75) is 39.7 Å². The molecule has 0 saturated heterocycles. The number of urea groups is 1. The van der Waals surface area contributed by atoms with Crippen molar-refractivity contribution in [3.05, 3.63) is 52.4 Å². The van der Waals surface area contributed by atoms with E-state index in [-0.39, 0.29) is 36.0 Å². The molecule has 1 unspecified atom stereocenters. The topological polar surface area (TPSA) is 133 Å². The summed E-state index contributed by atoms with van der Waals surface area (Å²) >= 11 is 0. The van der Waals surface area contributed by atoms with E-state index in [9.17, 15) is 14.4 Å². The van der Waals surface area contributed by atoms with Crippen LogP contribution in [0.4, 0.5) is 4.79 Å². The molecule has 0 bridgehead atoms. The molecule has 2 N–H and O–H groups in total. The predicted molar refractivity (Wildman–Crippen MR) is 102 cm³/mol. The highest BCUT2D eigenvalue weighted by Crippen LogP contribution is 2.29. The third-order valence-corrected chi connectivity index (χ3v) is 4.44. The molecule has 0 spiro atoms. The first-order valence-electron chi connectivity index (χ1n) is 9.47. The van der Waals surface area contributed by atoms with Crippen LogP contribution in [0.2, 0.25) is 0 Å². The second-order valence-electron chi connectivity index (χ2n) is 6.90. The summed E-state index contributed by atoms with van der Waals surface area (Å²) in [5, 5.41) is 8.96. The van der Waals surface area contributed by atoms with Crippen molar-refractivity contribution >= 4 is 18.0 Å². The van der Waals surface area contributed by atoms with Crippen molar-refractivity contribution in [1.82, 2.24) is 15.8 Å². The van der Waals surface area contributed by atoms with E-state index in [1.165, 1.54) is 6.26 Å². The maximum Gasteiger partial charge on any atom is 0.344 e. The fourth-order valence-corrected chi connectivity index (χ4v) is 3.09. The fraction of sp³-hybridized carbons (Fsp3) is 0.400. The first kappa shape index (κ1) is 21.2. The van der Waals surface area contributed by atoms with Gasteiger partial charge < -0.3 is 29.0 Å². The number of ether oxygens (including phenoxy) is 2. The molecular formula is C20H23N3O7. The van der Waals surface area contributed by atoms with Crippen LogP contribution in [0, 0.1) is 6.92 Å². The lowest BCUT2D eigenvalue weighted by atomic mass is 10.0. The van der Waals surface area contributed by atoms with Gasteiger partial charge in [-0.2, -0.15) is 0 Å². The Kier molecular flexibility index (Phi) is 6.24. The molecule has 2 amide bonds. The van der Waals surface area contributed by atoms with E-state index in [0.29, 0.717) is 17.2 Å². The first-order valence-corrected chi connectivity index (χ1v) is 9.47. The van der Waals surface area contributed by atoms with Gasteiger partial charge in [-0.05, 0) is 26.0 Å². The lowest BCUT2D eigenvalue weighted by Gasteiger charge is -2.27. The highest BCUT2D eigenvalue weighted by Gasteiger charge is 2.36. The number of rotatable bonds is 7. The zero-order valence-electron chi connectivity index (χ0n) is 17.1. The maximum absolute atomic E-state index is 12.7. The van der Waals surface area contributed by atoms with Gasteiger partial charge in [0, 0.05) is 5.92 Å². The highest BCUT2D eigenvalue weighted by molar-refractivity contribution is 5.95. The molecule has 160 valence electrons. The summed E-state index contributed by atoms with van der Waals surface area (Å²) in [4.78, 5) is 37.5. The third kappa shape index (κ3) is 4.22. The number of esters is 2. The summed E-state index contributed by atoms with van der Waals surface area (Å²) in [6.07, 6.45) is 1.42. The number of aryl methyl sites for hydroxylation is 1. The third-order valence-electron chi connectivity index (χ3n) is 4.44. The van der Waals surface area contributed by atoms with Crippen molar-refractivity contribution in [1.29, 1.82) is 0 Å². The molecule has 1 aliphatic heterocycles. The minimum Gasteiger partial charge on any atom is -0.467 e. The second-order valence-corrected chi connectivity index (χ2v) is 6.90. The van der Waals surface area contributed by atoms with Gasteiger partial charge in [-0.3, -0.25) is 0 Å². The Balaban J connectivity index is 1.91. The van der Waals surface area contributed by atoms with Gasteiger partial charge in [0.05, 0.1) is 29.8 Å². The Bertz CT molecular complexity index is 973. The van der Waals surface area contributed by atoms with Crippen molar-refractivity contribution in [2.24, 2.45) is 0 Å². The number of hydrogen-bond acceptors (Lipinski definition) is 8. The number of furan rings is 1. The van der Waals surface area contributed by atoms with Gasteiger partial charge >= 0.3 is 18.0 Å². The lowest BCUT2D eigenvalue weighted by Crippen LogP contribution is -2.47. The molecule has 3 rings (SSSR count). The van der Waals surface area contributed by atoms with Gasteiger partial charge in [0.1, 0.15) is 24.0 Å². The second kappa shape index (κ2) is 8.85. The number of nitrogens with one attached hydrogen (secondary N) is 2. The zero-order chi connectivity index (χ0) is 21.8. The van der Waals surface area contributed by atoms with Crippen molar-refractivity contribution in [3.63, 3.8) is 0 Å². The number of hydrogen-bond donors (Lipinski definition) is 2. The minimum atomic E-state index is -0.884. The number of amides is 2. The molecule has 0 fully saturated rings. The van der Waals surface area contributed by atoms with E-state index < -0.39 is 24.0 Å². The smallest absolute Gasteiger partial charge is 0.344 e. The number of carbonyl (C=O) groups excluding carboxylic acids is 3. The SMILES string of the molecule is CCOC(=O)C1=C(COC(=O)c2c(C)noc2C(C)C)NC(=O)NC1c1ccco1. The average molecular weight is 417 g/mol. The van der Waals surface area contributed by atoms with Crippen molar-refractivity contribution in [2.75, 3.05) is 13.2 Å². The normalized spacial score (nSPS) is 16.3. The van der Waals surface area contributed by atoms with Crippen LogP contribution in [0.5, 0.6) is 0 Å². The lowest BCUT2D eigenvalue weighted by molar-refractivity contribution is -0.139. The van der Waals surface area contributed by atoms with Gasteiger partial charge in [-0.1, -0.05) is 19.0 Å². The first-order chi connectivity index (χ1) is 14.3. The van der Waals surface area contributed by atoms with Crippen LogP contribution in [0.25, 0.3) is 0 Å². The molecule has 0 saturated carbocycles. The number of nitrogens with zero attached hydrogens (tertiary/aromatic N) is 1. The molecular weight excluding hydrogens is 394 g/mol. The van der Waals surface area contributed by atoms with Gasteiger partial charge in [-0.15, -0.1) is 0 Å². The Labute approximate surface area is 172 Å². The molecule has 0 aromatic carbocycles. The van der Waals surface area contributed by atoms with E-state index >= 15 is 0 Å².